The van der Waals surface area contributed by atoms with Gasteiger partial charge in [0.1, 0.15) is 0 Å². The van der Waals surface area contributed by atoms with Crippen LogP contribution < -0.4 is 0 Å². The first-order valence-electron chi connectivity index (χ1n) is 7.19. The summed E-state index contributed by atoms with van der Waals surface area (Å²) in [6.45, 7) is 8.33. The molecule has 1 saturated heterocycles. The summed E-state index contributed by atoms with van der Waals surface area (Å²) >= 11 is 0. The van der Waals surface area contributed by atoms with Crippen molar-refractivity contribution in [2.75, 3.05) is 0 Å². The Morgan fingerprint density at radius 3 is 1.88 bits per heavy atom. The molecule has 2 rings (SSSR count). The van der Waals surface area contributed by atoms with Crippen LogP contribution in [-0.2, 0) is 4.74 Å². The van der Waals surface area contributed by atoms with Crippen LogP contribution in [0.3, 0.4) is 0 Å². The highest BCUT2D eigenvalue weighted by atomic mass is 16.5. The monoisotopic (exact) mass is 240 g/mol. The van der Waals surface area contributed by atoms with E-state index < -0.39 is 11.2 Å². The molecule has 2 nitrogen and oxygen atoms in total. The van der Waals surface area contributed by atoms with Crippen molar-refractivity contribution in [2.45, 2.75) is 89.4 Å². The molecule has 1 unspecified atom stereocenters. The molecule has 0 aromatic rings. The number of hydrogen-bond acceptors (Lipinski definition) is 2. The lowest BCUT2D eigenvalue weighted by atomic mass is 9.70. The summed E-state index contributed by atoms with van der Waals surface area (Å²) in [5, 5.41) is 11.2. The van der Waals surface area contributed by atoms with Crippen LogP contribution in [0.5, 0.6) is 0 Å². The highest BCUT2D eigenvalue weighted by Gasteiger charge is 2.59. The van der Waals surface area contributed by atoms with Gasteiger partial charge in [0.2, 0.25) is 0 Å². The Bertz CT molecular complexity index is 275. The molecule has 0 aromatic heterocycles. The van der Waals surface area contributed by atoms with Crippen molar-refractivity contribution in [3.8, 4) is 0 Å². The van der Waals surface area contributed by atoms with Gasteiger partial charge in [-0.15, -0.1) is 0 Å². The van der Waals surface area contributed by atoms with Crippen molar-refractivity contribution >= 4 is 0 Å². The molecule has 0 radical (unpaired) electrons. The van der Waals surface area contributed by atoms with Crippen molar-refractivity contribution < 1.29 is 9.84 Å². The van der Waals surface area contributed by atoms with Crippen LogP contribution in [0.1, 0.15) is 72.6 Å². The smallest absolute Gasteiger partial charge is 0.0986 e. The van der Waals surface area contributed by atoms with Gasteiger partial charge in [0.05, 0.1) is 16.8 Å². The van der Waals surface area contributed by atoms with Gasteiger partial charge in [-0.25, -0.2) is 0 Å². The Hall–Kier alpha value is -0.0800. The highest BCUT2D eigenvalue weighted by molar-refractivity contribution is 5.09. The number of aliphatic hydroxyl groups is 1. The van der Waals surface area contributed by atoms with E-state index in [1.165, 1.54) is 38.5 Å². The molecule has 0 aromatic carbocycles. The van der Waals surface area contributed by atoms with Gasteiger partial charge in [0.25, 0.3) is 0 Å². The zero-order chi connectivity index (χ0) is 12.7. The predicted molar refractivity (Wildman–Crippen MR) is 70.0 cm³/mol. The van der Waals surface area contributed by atoms with Crippen molar-refractivity contribution in [2.24, 2.45) is 5.92 Å². The first-order chi connectivity index (χ1) is 7.77. The van der Waals surface area contributed by atoms with Gasteiger partial charge >= 0.3 is 0 Å². The Morgan fingerprint density at radius 2 is 1.47 bits per heavy atom. The topological polar surface area (TPSA) is 29.5 Å². The second-order valence-corrected chi connectivity index (χ2v) is 7.16. The van der Waals surface area contributed by atoms with E-state index in [1.54, 1.807) is 0 Å². The zero-order valence-corrected chi connectivity index (χ0v) is 11.9. The minimum Gasteiger partial charge on any atom is -0.386 e. The number of hydrogen-bond donors (Lipinski definition) is 1. The first-order valence-corrected chi connectivity index (χ1v) is 7.19. The Labute approximate surface area is 106 Å². The summed E-state index contributed by atoms with van der Waals surface area (Å²) < 4.78 is 6.10. The van der Waals surface area contributed by atoms with E-state index >= 15 is 0 Å². The number of ether oxygens (including phenoxy) is 1. The summed E-state index contributed by atoms with van der Waals surface area (Å²) in [4.78, 5) is 0. The van der Waals surface area contributed by atoms with Gasteiger partial charge in [-0.1, -0.05) is 25.7 Å². The van der Waals surface area contributed by atoms with Crippen LogP contribution in [0.15, 0.2) is 0 Å². The van der Waals surface area contributed by atoms with Crippen molar-refractivity contribution in [1.29, 1.82) is 0 Å². The van der Waals surface area contributed by atoms with Gasteiger partial charge in [-0.3, -0.25) is 0 Å². The van der Waals surface area contributed by atoms with E-state index in [9.17, 15) is 5.11 Å². The average Bonchev–Trinajstić information content (AvgIpc) is 2.40. The fraction of sp³-hybridized carbons (Fsp3) is 1.00. The summed E-state index contributed by atoms with van der Waals surface area (Å²) in [7, 11) is 0. The van der Waals surface area contributed by atoms with Crippen LogP contribution in [0.2, 0.25) is 0 Å². The van der Waals surface area contributed by atoms with E-state index in [0.29, 0.717) is 5.92 Å². The first kappa shape index (κ1) is 13.4. The highest BCUT2D eigenvalue weighted by Crippen LogP contribution is 2.51. The molecule has 0 bridgehead atoms. The minimum atomic E-state index is -0.638. The standard InChI is InChI=1S/C15H28O2/c1-13(2)11-15(16,14(3,4)17-13)12-9-7-5-6-8-10-12/h12,16H,5-11H2,1-4H3. The van der Waals surface area contributed by atoms with Crippen LogP contribution in [-0.4, -0.2) is 21.9 Å². The maximum atomic E-state index is 11.2. The zero-order valence-electron chi connectivity index (χ0n) is 11.9. The molecule has 1 aliphatic carbocycles. The number of rotatable bonds is 1. The largest absolute Gasteiger partial charge is 0.386 e. The molecule has 1 heterocycles. The van der Waals surface area contributed by atoms with Gasteiger partial charge in [0, 0.05) is 6.42 Å². The van der Waals surface area contributed by atoms with Crippen molar-refractivity contribution in [1.82, 2.24) is 0 Å². The second kappa shape index (κ2) is 4.24. The van der Waals surface area contributed by atoms with Gasteiger partial charge in [-0.05, 0) is 46.5 Å². The summed E-state index contributed by atoms with van der Waals surface area (Å²) in [5.74, 6) is 0.418. The third kappa shape index (κ3) is 2.39. The maximum Gasteiger partial charge on any atom is 0.0986 e. The lowest BCUT2D eigenvalue weighted by molar-refractivity contribution is -0.149. The van der Waals surface area contributed by atoms with Crippen LogP contribution in [0.25, 0.3) is 0 Å². The quantitative estimate of drug-likeness (QED) is 0.709. The molecular weight excluding hydrogens is 212 g/mol. The van der Waals surface area contributed by atoms with Crippen LogP contribution in [0.4, 0.5) is 0 Å². The molecule has 0 spiro atoms. The lowest BCUT2D eigenvalue weighted by Gasteiger charge is -2.41. The summed E-state index contributed by atoms with van der Waals surface area (Å²) in [5.41, 5.74) is -1.24. The summed E-state index contributed by atoms with van der Waals surface area (Å²) in [6.07, 6.45) is 8.30. The van der Waals surface area contributed by atoms with E-state index in [4.69, 9.17) is 4.74 Å². The Kier molecular flexibility index (Phi) is 3.33. The SMILES string of the molecule is CC1(C)CC(O)(C2CCCCCC2)C(C)(C)O1. The fourth-order valence-corrected chi connectivity index (χ4v) is 4.07. The van der Waals surface area contributed by atoms with Crippen LogP contribution >= 0.6 is 0 Å². The Morgan fingerprint density at radius 1 is 0.941 bits per heavy atom. The van der Waals surface area contributed by atoms with E-state index in [2.05, 4.69) is 27.7 Å². The maximum absolute atomic E-state index is 11.2. The molecule has 100 valence electrons. The Balaban J connectivity index is 2.21. The molecule has 1 N–H and O–H groups in total. The van der Waals surface area contributed by atoms with E-state index in [0.717, 1.165) is 6.42 Å². The molecule has 1 aliphatic heterocycles. The van der Waals surface area contributed by atoms with Crippen molar-refractivity contribution in [3.63, 3.8) is 0 Å². The van der Waals surface area contributed by atoms with E-state index in [-0.39, 0.29) is 5.60 Å². The molecular formula is C15H28O2. The molecule has 17 heavy (non-hydrogen) atoms. The molecule has 2 fully saturated rings. The van der Waals surface area contributed by atoms with Crippen LogP contribution in [0, 0.1) is 5.92 Å². The molecule has 1 atom stereocenters. The lowest BCUT2D eigenvalue weighted by Crippen LogP contribution is -2.51. The molecule has 2 heteroatoms. The van der Waals surface area contributed by atoms with E-state index in [1.807, 2.05) is 0 Å². The second-order valence-electron chi connectivity index (χ2n) is 7.16. The van der Waals surface area contributed by atoms with Gasteiger partial charge in [-0.2, -0.15) is 0 Å². The molecule has 0 amide bonds. The normalized spacial score (nSPS) is 37.9. The predicted octanol–water partition coefficient (Wildman–Crippen LogP) is 3.67. The van der Waals surface area contributed by atoms with Gasteiger partial charge in [0.15, 0.2) is 0 Å². The molecule has 2 aliphatic rings. The van der Waals surface area contributed by atoms with Gasteiger partial charge < -0.3 is 9.84 Å². The third-order valence-corrected chi connectivity index (χ3v) is 4.80. The minimum absolute atomic E-state index is 0.190. The summed E-state index contributed by atoms with van der Waals surface area (Å²) in [6, 6.07) is 0. The molecule has 1 saturated carbocycles. The third-order valence-electron chi connectivity index (χ3n) is 4.80. The van der Waals surface area contributed by atoms with Crippen molar-refractivity contribution in [3.05, 3.63) is 0 Å². The fourth-order valence-electron chi connectivity index (χ4n) is 4.07. The average molecular weight is 240 g/mol.